The second kappa shape index (κ2) is 4.50. The van der Waals surface area contributed by atoms with Crippen LogP contribution in [0.2, 0.25) is 0 Å². The van der Waals surface area contributed by atoms with Crippen LogP contribution in [0, 0.1) is 4.77 Å². The number of aromatic amines is 2. The maximum atomic E-state index is 4.90. The Kier molecular flexibility index (Phi) is 4.31. The predicted octanol–water partition coefficient (Wildman–Crippen LogP) is 2.10. The van der Waals surface area contributed by atoms with E-state index in [2.05, 4.69) is 9.97 Å². The van der Waals surface area contributed by atoms with Crippen LogP contribution in [0.15, 0.2) is 24.3 Å². The third kappa shape index (κ3) is 2.00. The maximum Gasteiger partial charge on any atom is 2.00 e. The summed E-state index contributed by atoms with van der Waals surface area (Å²) in [5.41, 5.74) is 2.13. The molecule has 0 bridgehead atoms. The molecule has 0 aliphatic heterocycles. The van der Waals surface area contributed by atoms with Crippen molar-refractivity contribution in [1.29, 1.82) is 0 Å². The fourth-order valence-electron chi connectivity index (χ4n) is 0.977. The van der Waals surface area contributed by atoms with Crippen molar-refractivity contribution in [1.82, 2.24) is 9.97 Å². The van der Waals surface area contributed by atoms with Crippen molar-refractivity contribution in [2.24, 2.45) is 0 Å². The van der Waals surface area contributed by atoms with Gasteiger partial charge in [-0.25, -0.2) is 0 Å². The number of benzene rings is 1. The Morgan fingerprint density at radius 2 is 1.42 bits per heavy atom. The minimum Gasteiger partial charge on any atom is -2.00 e. The fraction of sp³-hybridized carbons (Fsp3) is 0. The number of hydrogen-bond acceptors (Lipinski definition) is 1. The molecule has 2 N–H and O–H groups in total. The van der Waals surface area contributed by atoms with Gasteiger partial charge < -0.3 is 15.4 Å². The second-order valence-corrected chi connectivity index (χ2v) is 2.53. The van der Waals surface area contributed by atoms with E-state index < -0.39 is 0 Å². The Hall–Kier alpha value is -0.507. The maximum absolute atomic E-state index is 4.90. The molecule has 0 unspecified atom stereocenters. The largest absolute Gasteiger partial charge is 2.00 e. The number of hydrogen-bond donors (Lipinski definition) is 2. The first-order chi connectivity index (χ1) is 4.86. The topological polar surface area (TPSA) is 60.1 Å². The molecular formula is C7H6N2OSZn. The van der Waals surface area contributed by atoms with Crippen LogP contribution in [-0.2, 0) is 25.0 Å². The van der Waals surface area contributed by atoms with E-state index in [1.807, 2.05) is 24.3 Å². The van der Waals surface area contributed by atoms with Crippen molar-refractivity contribution in [2.45, 2.75) is 0 Å². The monoisotopic (exact) mass is 230 g/mol. The van der Waals surface area contributed by atoms with E-state index in [1.54, 1.807) is 0 Å². The van der Waals surface area contributed by atoms with Gasteiger partial charge in [-0.1, -0.05) is 12.1 Å². The van der Waals surface area contributed by atoms with Crippen LogP contribution in [-0.4, -0.2) is 9.97 Å². The average molecular weight is 232 g/mol. The van der Waals surface area contributed by atoms with Crippen molar-refractivity contribution in [3.05, 3.63) is 29.0 Å². The van der Waals surface area contributed by atoms with E-state index in [0.29, 0.717) is 4.77 Å². The van der Waals surface area contributed by atoms with Crippen molar-refractivity contribution >= 4 is 23.3 Å². The summed E-state index contributed by atoms with van der Waals surface area (Å²) in [6, 6.07) is 7.92. The molecule has 0 atom stereocenters. The molecule has 5 heteroatoms. The van der Waals surface area contributed by atoms with E-state index in [0.717, 1.165) is 11.0 Å². The Balaban J connectivity index is 0.000000605. The summed E-state index contributed by atoms with van der Waals surface area (Å²) in [5.74, 6) is 0. The van der Waals surface area contributed by atoms with Crippen molar-refractivity contribution in [3.8, 4) is 0 Å². The van der Waals surface area contributed by atoms with Gasteiger partial charge in [0.2, 0.25) is 0 Å². The van der Waals surface area contributed by atoms with Crippen molar-refractivity contribution in [3.63, 3.8) is 0 Å². The molecule has 2 aromatic rings. The number of rotatable bonds is 0. The summed E-state index contributed by atoms with van der Waals surface area (Å²) in [4.78, 5) is 6.04. The van der Waals surface area contributed by atoms with Gasteiger partial charge >= 0.3 is 19.5 Å². The Morgan fingerprint density at radius 3 is 1.83 bits per heavy atom. The minimum atomic E-state index is 0. The first-order valence-electron chi connectivity index (χ1n) is 3.03. The molecule has 0 spiro atoms. The summed E-state index contributed by atoms with van der Waals surface area (Å²) in [7, 11) is 0. The summed E-state index contributed by atoms with van der Waals surface area (Å²) < 4.78 is 0.682. The summed E-state index contributed by atoms with van der Waals surface area (Å²) in [6.07, 6.45) is 0. The van der Waals surface area contributed by atoms with Crippen molar-refractivity contribution < 1.29 is 25.0 Å². The number of para-hydroxylation sites is 2. The van der Waals surface area contributed by atoms with E-state index in [-0.39, 0.29) is 25.0 Å². The molecule has 3 nitrogen and oxygen atoms in total. The molecule has 0 amide bonds. The van der Waals surface area contributed by atoms with Gasteiger partial charge in [0, 0.05) is 0 Å². The molecule has 12 heavy (non-hydrogen) atoms. The van der Waals surface area contributed by atoms with Crippen LogP contribution < -0.4 is 0 Å². The van der Waals surface area contributed by atoms with Crippen LogP contribution in [0.5, 0.6) is 0 Å². The standard InChI is InChI=1S/C7H6N2S.O.Zn/c10-7-8-5-3-1-2-4-6(5)9-7;;/h1-4H,(H2,8,9,10);;/q;-2;+2. The van der Waals surface area contributed by atoms with Crippen LogP contribution in [0.25, 0.3) is 11.0 Å². The SMILES string of the molecule is S=c1[nH]c2ccccc2[nH]1.[O-2].[Zn+2]. The number of fused-ring (bicyclic) bond motifs is 1. The van der Waals surface area contributed by atoms with Crippen molar-refractivity contribution in [2.75, 3.05) is 0 Å². The molecule has 0 saturated carbocycles. The van der Waals surface area contributed by atoms with E-state index in [4.69, 9.17) is 12.2 Å². The van der Waals surface area contributed by atoms with E-state index in [1.165, 1.54) is 0 Å². The van der Waals surface area contributed by atoms with Gasteiger partial charge in [-0.2, -0.15) is 0 Å². The first-order valence-corrected chi connectivity index (χ1v) is 3.44. The summed E-state index contributed by atoms with van der Waals surface area (Å²) >= 11 is 4.90. The minimum absolute atomic E-state index is 0. The van der Waals surface area contributed by atoms with Crippen LogP contribution in [0.4, 0.5) is 0 Å². The van der Waals surface area contributed by atoms with Gasteiger partial charge in [0.25, 0.3) is 0 Å². The van der Waals surface area contributed by atoms with Crippen LogP contribution >= 0.6 is 12.2 Å². The fourth-order valence-corrected chi connectivity index (χ4v) is 1.20. The zero-order chi connectivity index (χ0) is 6.97. The predicted molar refractivity (Wildman–Crippen MR) is 44.2 cm³/mol. The summed E-state index contributed by atoms with van der Waals surface area (Å²) in [6.45, 7) is 0. The molecule has 1 aromatic heterocycles. The third-order valence-corrected chi connectivity index (χ3v) is 1.63. The number of imidazole rings is 1. The van der Waals surface area contributed by atoms with Crippen LogP contribution in [0.1, 0.15) is 0 Å². The smallest absolute Gasteiger partial charge is 2.00 e. The molecule has 1 aromatic carbocycles. The average Bonchev–Trinajstić information content (AvgIpc) is 2.27. The number of aromatic nitrogens is 2. The van der Waals surface area contributed by atoms with Gasteiger partial charge in [-0.15, -0.1) is 0 Å². The first kappa shape index (κ1) is 11.5. The molecular weight excluding hydrogens is 226 g/mol. The quantitative estimate of drug-likeness (QED) is 0.529. The second-order valence-electron chi connectivity index (χ2n) is 2.12. The van der Waals surface area contributed by atoms with Gasteiger partial charge in [0.15, 0.2) is 4.77 Å². The Morgan fingerprint density at radius 1 is 1.00 bits per heavy atom. The molecule has 0 fully saturated rings. The Labute approximate surface area is 87.3 Å². The number of H-pyrrole nitrogens is 2. The molecule has 0 aliphatic rings. The summed E-state index contributed by atoms with van der Waals surface area (Å²) in [5, 5.41) is 0. The zero-order valence-corrected chi connectivity index (χ0v) is 10.1. The molecule has 0 saturated heterocycles. The zero-order valence-electron chi connectivity index (χ0n) is 6.33. The molecule has 0 aliphatic carbocycles. The number of nitrogens with one attached hydrogen (secondary N) is 2. The molecule has 1 heterocycles. The molecule has 58 valence electrons. The molecule has 0 radical (unpaired) electrons. The van der Waals surface area contributed by atoms with Gasteiger partial charge in [-0.3, -0.25) is 0 Å². The van der Waals surface area contributed by atoms with Gasteiger partial charge in [0.1, 0.15) is 0 Å². The molecule has 2 rings (SSSR count). The third-order valence-electron chi connectivity index (χ3n) is 1.42. The normalized spacial score (nSPS) is 8.67. The van der Waals surface area contributed by atoms with E-state index >= 15 is 0 Å². The van der Waals surface area contributed by atoms with E-state index in [9.17, 15) is 0 Å². The van der Waals surface area contributed by atoms with Gasteiger partial charge in [-0.05, 0) is 24.4 Å². The van der Waals surface area contributed by atoms with Crippen LogP contribution in [0.3, 0.4) is 0 Å². The Bertz CT molecular complexity index is 373. The van der Waals surface area contributed by atoms with Gasteiger partial charge in [0.05, 0.1) is 11.0 Å².